The zero-order valence-corrected chi connectivity index (χ0v) is 8.99. The van der Waals surface area contributed by atoms with Gasteiger partial charge in [0.25, 0.3) is 0 Å². The number of nitrogens with one attached hydrogen (secondary N) is 1. The number of aliphatic hydroxyl groups is 2. The summed E-state index contributed by atoms with van der Waals surface area (Å²) >= 11 is 5.81. The highest BCUT2D eigenvalue weighted by Gasteiger charge is 2.23. The highest BCUT2D eigenvalue weighted by Crippen LogP contribution is 2.22. The average Bonchev–Trinajstić information content (AvgIpc) is 2.23. The second-order valence-electron chi connectivity index (χ2n) is 3.43. The number of nitrogen functional groups attached to an aromatic ring is 1. The molecule has 0 aliphatic heterocycles. The Morgan fingerprint density at radius 3 is 2.67 bits per heavy atom. The van der Waals surface area contributed by atoms with E-state index in [-0.39, 0.29) is 30.0 Å². The van der Waals surface area contributed by atoms with Crippen molar-refractivity contribution in [2.24, 2.45) is 0 Å². The molecule has 1 heterocycles. The Balaban J connectivity index is 2.92. The van der Waals surface area contributed by atoms with E-state index in [1.54, 1.807) is 6.92 Å². The summed E-state index contributed by atoms with van der Waals surface area (Å²) in [7, 11) is 0. The van der Waals surface area contributed by atoms with Gasteiger partial charge in [0.1, 0.15) is 5.02 Å². The van der Waals surface area contributed by atoms with Gasteiger partial charge in [-0.2, -0.15) is 4.98 Å². The van der Waals surface area contributed by atoms with E-state index in [2.05, 4.69) is 15.3 Å². The standard InChI is InChI=1S/C8H13ClN4O2/c1-8(3-14,4-15)13-6-5(9)2-11-7(10)12-6/h2,14-15H,3-4H2,1H3,(H3,10,11,12,13). The van der Waals surface area contributed by atoms with Gasteiger partial charge in [0.2, 0.25) is 5.95 Å². The molecule has 1 rings (SSSR count). The fourth-order valence-electron chi connectivity index (χ4n) is 0.883. The van der Waals surface area contributed by atoms with E-state index in [1.165, 1.54) is 6.20 Å². The Labute approximate surface area is 92.1 Å². The molecule has 6 nitrogen and oxygen atoms in total. The smallest absolute Gasteiger partial charge is 0.222 e. The third-order valence-corrected chi connectivity index (χ3v) is 2.16. The fourth-order valence-corrected chi connectivity index (χ4v) is 1.02. The van der Waals surface area contributed by atoms with Crippen molar-refractivity contribution < 1.29 is 10.2 Å². The molecule has 0 spiro atoms. The van der Waals surface area contributed by atoms with Crippen molar-refractivity contribution in [1.82, 2.24) is 9.97 Å². The third-order valence-electron chi connectivity index (χ3n) is 1.88. The molecule has 1 aromatic heterocycles. The normalized spacial score (nSPS) is 11.5. The number of hydrogen-bond donors (Lipinski definition) is 4. The van der Waals surface area contributed by atoms with Crippen molar-refractivity contribution in [2.45, 2.75) is 12.5 Å². The van der Waals surface area contributed by atoms with Gasteiger partial charge in [-0.1, -0.05) is 11.6 Å². The van der Waals surface area contributed by atoms with Crippen LogP contribution in [0.5, 0.6) is 0 Å². The molecular weight excluding hydrogens is 220 g/mol. The molecule has 1 aromatic rings. The second-order valence-corrected chi connectivity index (χ2v) is 3.83. The molecule has 0 aliphatic carbocycles. The lowest BCUT2D eigenvalue weighted by Crippen LogP contribution is -2.42. The summed E-state index contributed by atoms with van der Waals surface area (Å²) in [6, 6.07) is 0. The molecule has 0 amide bonds. The predicted octanol–water partition coefficient (Wildman–Crippen LogP) is -0.133. The molecule has 0 bridgehead atoms. The van der Waals surface area contributed by atoms with Crippen LogP contribution >= 0.6 is 11.6 Å². The zero-order chi connectivity index (χ0) is 11.5. The van der Waals surface area contributed by atoms with Crippen LogP contribution in [0, 0.1) is 0 Å². The molecule has 0 saturated carbocycles. The molecule has 7 heteroatoms. The monoisotopic (exact) mass is 232 g/mol. The van der Waals surface area contributed by atoms with E-state index >= 15 is 0 Å². The Kier molecular flexibility index (Phi) is 3.67. The number of aliphatic hydroxyl groups excluding tert-OH is 2. The van der Waals surface area contributed by atoms with Crippen LogP contribution < -0.4 is 11.1 Å². The topological polar surface area (TPSA) is 104 Å². The molecular formula is C8H13ClN4O2. The summed E-state index contributed by atoms with van der Waals surface area (Å²) in [5.74, 6) is 0.356. The molecule has 84 valence electrons. The molecule has 0 atom stereocenters. The van der Waals surface area contributed by atoms with E-state index < -0.39 is 5.54 Å². The van der Waals surface area contributed by atoms with Crippen LogP contribution in [0.2, 0.25) is 5.02 Å². The maximum atomic E-state index is 9.07. The summed E-state index contributed by atoms with van der Waals surface area (Å²) in [5, 5.41) is 21.2. The van der Waals surface area contributed by atoms with E-state index in [0.29, 0.717) is 0 Å². The van der Waals surface area contributed by atoms with Crippen molar-refractivity contribution in [1.29, 1.82) is 0 Å². The summed E-state index contributed by atoms with van der Waals surface area (Å²) in [4.78, 5) is 7.55. The largest absolute Gasteiger partial charge is 0.394 e. The highest BCUT2D eigenvalue weighted by molar-refractivity contribution is 6.32. The number of rotatable bonds is 4. The quantitative estimate of drug-likeness (QED) is 0.576. The van der Waals surface area contributed by atoms with Gasteiger partial charge in [0.05, 0.1) is 24.9 Å². The molecule has 0 aliphatic rings. The van der Waals surface area contributed by atoms with Crippen LogP contribution in [0.3, 0.4) is 0 Å². The van der Waals surface area contributed by atoms with Gasteiger partial charge < -0.3 is 21.3 Å². The summed E-state index contributed by atoms with van der Waals surface area (Å²) in [5.41, 5.74) is 4.49. The average molecular weight is 233 g/mol. The third kappa shape index (κ3) is 2.92. The van der Waals surface area contributed by atoms with Crippen molar-refractivity contribution in [3.63, 3.8) is 0 Å². The number of nitrogens with zero attached hydrogens (tertiary/aromatic N) is 2. The van der Waals surface area contributed by atoms with Crippen molar-refractivity contribution >= 4 is 23.4 Å². The van der Waals surface area contributed by atoms with Gasteiger partial charge in [-0.3, -0.25) is 0 Å². The Morgan fingerprint density at radius 1 is 1.53 bits per heavy atom. The van der Waals surface area contributed by atoms with Gasteiger partial charge in [-0.25, -0.2) is 4.98 Å². The first-order valence-electron chi connectivity index (χ1n) is 4.28. The Bertz CT molecular complexity index is 343. The number of hydrogen-bond acceptors (Lipinski definition) is 6. The maximum absolute atomic E-state index is 9.07. The molecule has 0 saturated heterocycles. The van der Waals surface area contributed by atoms with E-state index in [0.717, 1.165) is 0 Å². The lowest BCUT2D eigenvalue weighted by Gasteiger charge is -2.27. The van der Waals surface area contributed by atoms with Crippen molar-refractivity contribution in [3.8, 4) is 0 Å². The highest BCUT2D eigenvalue weighted by atomic mass is 35.5. The summed E-state index contributed by atoms with van der Waals surface area (Å²) in [6.07, 6.45) is 1.35. The zero-order valence-electron chi connectivity index (χ0n) is 8.24. The van der Waals surface area contributed by atoms with Gasteiger partial charge in [0, 0.05) is 0 Å². The van der Waals surface area contributed by atoms with Gasteiger partial charge in [-0.05, 0) is 6.92 Å². The molecule has 15 heavy (non-hydrogen) atoms. The van der Waals surface area contributed by atoms with Crippen molar-refractivity contribution in [2.75, 3.05) is 24.3 Å². The summed E-state index contributed by atoms with van der Waals surface area (Å²) < 4.78 is 0. The van der Waals surface area contributed by atoms with Gasteiger partial charge in [0.15, 0.2) is 5.82 Å². The molecule has 0 unspecified atom stereocenters. The van der Waals surface area contributed by atoms with Gasteiger partial charge in [-0.15, -0.1) is 0 Å². The number of anilines is 2. The first kappa shape index (κ1) is 12.0. The second kappa shape index (κ2) is 4.61. The van der Waals surface area contributed by atoms with Crippen LogP contribution in [0.15, 0.2) is 6.20 Å². The van der Waals surface area contributed by atoms with Crippen LogP contribution in [-0.4, -0.2) is 38.9 Å². The fraction of sp³-hybridized carbons (Fsp3) is 0.500. The minimum atomic E-state index is -0.898. The minimum absolute atomic E-state index is 0.0696. The molecule has 5 N–H and O–H groups in total. The Morgan fingerprint density at radius 2 is 2.13 bits per heavy atom. The first-order chi connectivity index (χ1) is 7.00. The lowest BCUT2D eigenvalue weighted by atomic mass is 10.1. The predicted molar refractivity (Wildman–Crippen MR) is 57.7 cm³/mol. The molecule has 0 fully saturated rings. The van der Waals surface area contributed by atoms with E-state index in [4.69, 9.17) is 27.5 Å². The van der Waals surface area contributed by atoms with Crippen LogP contribution in [0.4, 0.5) is 11.8 Å². The van der Waals surface area contributed by atoms with E-state index in [1.807, 2.05) is 0 Å². The first-order valence-corrected chi connectivity index (χ1v) is 4.66. The molecule has 0 radical (unpaired) electrons. The lowest BCUT2D eigenvalue weighted by molar-refractivity contribution is 0.147. The number of halogens is 1. The number of aromatic nitrogens is 2. The van der Waals surface area contributed by atoms with E-state index in [9.17, 15) is 0 Å². The SMILES string of the molecule is CC(CO)(CO)Nc1nc(N)ncc1Cl. The van der Waals surface area contributed by atoms with Crippen LogP contribution in [0.1, 0.15) is 6.92 Å². The van der Waals surface area contributed by atoms with Crippen LogP contribution in [0.25, 0.3) is 0 Å². The summed E-state index contributed by atoms with van der Waals surface area (Å²) in [6.45, 7) is 1.11. The Hall–Kier alpha value is -1.11. The van der Waals surface area contributed by atoms with Gasteiger partial charge >= 0.3 is 0 Å². The number of nitrogens with two attached hydrogens (primary N) is 1. The maximum Gasteiger partial charge on any atom is 0.222 e. The minimum Gasteiger partial charge on any atom is -0.394 e. The molecule has 0 aromatic carbocycles. The van der Waals surface area contributed by atoms with Crippen molar-refractivity contribution in [3.05, 3.63) is 11.2 Å². The van der Waals surface area contributed by atoms with Crippen LogP contribution in [-0.2, 0) is 0 Å².